The van der Waals surface area contributed by atoms with Crippen LogP contribution in [-0.4, -0.2) is 26.4 Å². The minimum atomic E-state index is 0.449. The van der Waals surface area contributed by atoms with Gasteiger partial charge >= 0.3 is 0 Å². The maximum Gasteiger partial charge on any atom is 0.0700 e. The van der Waals surface area contributed by atoms with Crippen LogP contribution in [0.25, 0.3) is 0 Å². The van der Waals surface area contributed by atoms with Crippen LogP contribution in [0.2, 0.25) is 0 Å². The van der Waals surface area contributed by atoms with E-state index in [1.807, 2.05) is 0 Å². The molecule has 1 aromatic carbocycles. The van der Waals surface area contributed by atoms with Crippen LogP contribution in [-0.2, 0) is 9.47 Å². The van der Waals surface area contributed by atoms with E-state index in [9.17, 15) is 0 Å². The quantitative estimate of drug-likeness (QED) is 0.532. The van der Waals surface area contributed by atoms with Crippen molar-refractivity contribution in [3.8, 4) is 6.07 Å². The van der Waals surface area contributed by atoms with Gasteiger partial charge in [-0.05, 0) is 30.2 Å². The molecule has 22 heavy (non-hydrogen) atoms. The van der Waals surface area contributed by atoms with Crippen molar-refractivity contribution in [2.75, 3.05) is 26.4 Å². The molecule has 3 nitrogen and oxygen atoms in total. The number of nitriles is 1. The molecule has 0 N–H and O–H groups in total. The third-order valence-electron chi connectivity index (χ3n) is 4.00. The lowest BCUT2D eigenvalue weighted by Crippen LogP contribution is -2.11. The predicted molar refractivity (Wildman–Crippen MR) is 89.7 cm³/mol. The van der Waals surface area contributed by atoms with Crippen LogP contribution in [0.1, 0.15) is 51.0 Å². The summed E-state index contributed by atoms with van der Waals surface area (Å²) in [5, 5.41) is 8.41. The van der Waals surface area contributed by atoms with Gasteiger partial charge in [0.25, 0.3) is 0 Å². The summed E-state index contributed by atoms with van der Waals surface area (Å²) < 4.78 is 11.0. The number of benzene rings is 1. The van der Waals surface area contributed by atoms with Gasteiger partial charge in [0.2, 0.25) is 0 Å². The van der Waals surface area contributed by atoms with Gasteiger partial charge in [0.15, 0.2) is 0 Å². The zero-order valence-electron chi connectivity index (χ0n) is 14.0. The Kier molecular flexibility index (Phi) is 10.4. The van der Waals surface area contributed by atoms with Gasteiger partial charge in [-0.2, -0.15) is 5.26 Å². The molecular weight excluding hydrogens is 274 g/mol. The van der Waals surface area contributed by atoms with Gasteiger partial charge in [0.05, 0.1) is 32.3 Å². The van der Waals surface area contributed by atoms with E-state index in [2.05, 4.69) is 50.2 Å². The largest absolute Gasteiger partial charge is 0.379 e. The van der Waals surface area contributed by atoms with E-state index < -0.39 is 0 Å². The summed E-state index contributed by atoms with van der Waals surface area (Å²) in [5.74, 6) is 1.30. The molecule has 0 radical (unpaired) electrons. The maximum absolute atomic E-state index is 8.41. The molecule has 2 unspecified atom stereocenters. The number of hydrogen-bond acceptors (Lipinski definition) is 3. The Morgan fingerprint density at radius 3 is 2.36 bits per heavy atom. The molecule has 122 valence electrons. The zero-order valence-corrected chi connectivity index (χ0v) is 14.0. The number of hydrogen-bond donors (Lipinski definition) is 0. The van der Waals surface area contributed by atoms with Gasteiger partial charge in [-0.15, -0.1) is 0 Å². The van der Waals surface area contributed by atoms with E-state index in [1.165, 1.54) is 18.4 Å². The van der Waals surface area contributed by atoms with Crippen molar-refractivity contribution in [1.82, 2.24) is 0 Å². The van der Waals surface area contributed by atoms with Gasteiger partial charge in [-0.25, -0.2) is 0 Å². The molecule has 0 amide bonds. The van der Waals surface area contributed by atoms with Crippen molar-refractivity contribution < 1.29 is 9.47 Å². The highest BCUT2D eigenvalue weighted by Crippen LogP contribution is 2.28. The highest BCUT2D eigenvalue weighted by Gasteiger charge is 2.14. The number of ether oxygens (including phenoxy) is 2. The Hall–Kier alpha value is -1.37. The summed E-state index contributed by atoms with van der Waals surface area (Å²) in [6.07, 6.45) is 3.93. The van der Waals surface area contributed by atoms with Gasteiger partial charge in [-0.3, -0.25) is 0 Å². The van der Waals surface area contributed by atoms with Crippen molar-refractivity contribution in [3.63, 3.8) is 0 Å². The second-order valence-electron chi connectivity index (χ2n) is 5.78. The van der Waals surface area contributed by atoms with Crippen molar-refractivity contribution >= 4 is 0 Å². The van der Waals surface area contributed by atoms with Crippen LogP contribution in [0.5, 0.6) is 0 Å². The Morgan fingerprint density at radius 1 is 1.05 bits per heavy atom. The first-order chi connectivity index (χ1) is 10.8. The zero-order chi connectivity index (χ0) is 16.0. The fraction of sp³-hybridized carbons (Fsp3) is 0.632. The highest BCUT2D eigenvalue weighted by atomic mass is 16.5. The molecule has 2 atom stereocenters. The Balaban J connectivity index is 2.28. The molecule has 0 aliphatic carbocycles. The minimum absolute atomic E-state index is 0.449. The van der Waals surface area contributed by atoms with Gasteiger partial charge < -0.3 is 9.47 Å². The first kappa shape index (κ1) is 18.7. The normalized spacial score (nSPS) is 13.5. The molecule has 0 fully saturated rings. The number of nitrogens with zero attached hydrogens (tertiary/aromatic N) is 1. The average molecular weight is 303 g/mol. The van der Waals surface area contributed by atoms with E-state index in [4.69, 9.17) is 14.7 Å². The van der Waals surface area contributed by atoms with Crippen molar-refractivity contribution in [1.29, 1.82) is 5.26 Å². The van der Waals surface area contributed by atoms with Gasteiger partial charge in [0.1, 0.15) is 0 Å². The monoisotopic (exact) mass is 303 g/mol. The van der Waals surface area contributed by atoms with Crippen LogP contribution in [0.3, 0.4) is 0 Å². The van der Waals surface area contributed by atoms with Crippen molar-refractivity contribution in [2.24, 2.45) is 5.92 Å². The van der Waals surface area contributed by atoms with E-state index in [0.717, 1.165) is 18.9 Å². The Labute approximate surface area is 135 Å². The lowest BCUT2D eigenvalue weighted by Gasteiger charge is -2.21. The van der Waals surface area contributed by atoms with Crippen LogP contribution < -0.4 is 0 Å². The van der Waals surface area contributed by atoms with Gasteiger partial charge in [-0.1, -0.05) is 50.6 Å². The maximum atomic E-state index is 8.41. The van der Waals surface area contributed by atoms with Crippen molar-refractivity contribution in [2.45, 2.75) is 45.4 Å². The summed E-state index contributed by atoms with van der Waals surface area (Å²) in [6, 6.07) is 12.8. The molecule has 1 rings (SSSR count). The standard InChI is InChI=1S/C19H29NO2/c1-3-17(2)16-19(18-8-5-4-6-9-18)10-13-22-15-14-21-12-7-11-20/h4-6,8-9,17,19H,3,7,10,12-16H2,1-2H3. The Morgan fingerprint density at radius 2 is 1.73 bits per heavy atom. The first-order valence-corrected chi connectivity index (χ1v) is 8.35. The smallest absolute Gasteiger partial charge is 0.0700 e. The highest BCUT2D eigenvalue weighted by molar-refractivity contribution is 5.19. The first-order valence-electron chi connectivity index (χ1n) is 8.35. The van der Waals surface area contributed by atoms with Crippen LogP contribution in [0.15, 0.2) is 30.3 Å². The molecule has 1 aromatic rings. The number of rotatable bonds is 12. The molecule has 0 aromatic heterocycles. The average Bonchev–Trinajstić information content (AvgIpc) is 2.56. The van der Waals surface area contributed by atoms with E-state index >= 15 is 0 Å². The van der Waals surface area contributed by atoms with E-state index in [1.54, 1.807) is 0 Å². The summed E-state index contributed by atoms with van der Waals surface area (Å²) in [4.78, 5) is 0. The summed E-state index contributed by atoms with van der Waals surface area (Å²) in [5.41, 5.74) is 1.41. The van der Waals surface area contributed by atoms with Crippen LogP contribution in [0.4, 0.5) is 0 Å². The van der Waals surface area contributed by atoms with Crippen LogP contribution in [0, 0.1) is 17.2 Å². The predicted octanol–water partition coefficient (Wildman–Crippen LogP) is 4.54. The van der Waals surface area contributed by atoms with Crippen molar-refractivity contribution in [3.05, 3.63) is 35.9 Å². The molecule has 0 heterocycles. The second kappa shape index (κ2) is 12.2. The fourth-order valence-electron chi connectivity index (χ4n) is 2.46. The second-order valence-corrected chi connectivity index (χ2v) is 5.78. The third kappa shape index (κ3) is 8.17. The van der Waals surface area contributed by atoms with E-state index in [-0.39, 0.29) is 0 Å². The lowest BCUT2D eigenvalue weighted by molar-refractivity contribution is 0.0466. The molecule has 3 heteroatoms. The minimum Gasteiger partial charge on any atom is -0.379 e. The third-order valence-corrected chi connectivity index (χ3v) is 4.00. The Bertz CT molecular complexity index is 413. The molecule has 0 spiro atoms. The lowest BCUT2D eigenvalue weighted by atomic mass is 9.86. The molecule has 0 saturated carbocycles. The summed E-state index contributed by atoms with van der Waals surface area (Å²) in [7, 11) is 0. The fourth-order valence-corrected chi connectivity index (χ4v) is 2.46. The molecule has 0 bridgehead atoms. The topological polar surface area (TPSA) is 42.2 Å². The SMILES string of the molecule is CCC(C)CC(CCOCCOCCC#N)c1ccccc1. The van der Waals surface area contributed by atoms with Crippen LogP contribution >= 0.6 is 0 Å². The molecule has 0 saturated heterocycles. The molecule has 0 aliphatic rings. The van der Waals surface area contributed by atoms with Gasteiger partial charge in [0, 0.05) is 6.61 Å². The summed E-state index contributed by atoms with van der Waals surface area (Å²) in [6.45, 7) is 7.01. The molecule has 0 aliphatic heterocycles. The van der Waals surface area contributed by atoms with E-state index in [0.29, 0.717) is 32.2 Å². The molecular formula is C19H29NO2. The summed E-state index contributed by atoms with van der Waals surface area (Å²) >= 11 is 0.